The summed E-state index contributed by atoms with van der Waals surface area (Å²) in [6.45, 7) is 3.66. The Morgan fingerprint density at radius 3 is 2.38 bits per heavy atom. The lowest BCUT2D eigenvalue weighted by Crippen LogP contribution is -2.52. The van der Waals surface area contributed by atoms with Gasteiger partial charge < -0.3 is 16.0 Å². The summed E-state index contributed by atoms with van der Waals surface area (Å²) in [6, 6.07) is 10.8. The van der Waals surface area contributed by atoms with Gasteiger partial charge in [-0.25, -0.2) is 0 Å². The highest BCUT2D eigenvalue weighted by atomic mass is 35.5. The van der Waals surface area contributed by atoms with E-state index in [9.17, 15) is 4.79 Å². The molecule has 0 heterocycles. The molecule has 1 aromatic carbocycles. The van der Waals surface area contributed by atoms with Crippen LogP contribution in [0.5, 0.6) is 0 Å². The van der Waals surface area contributed by atoms with Gasteiger partial charge in [0.15, 0.2) is 0 Å². The van der Waals surface area contributed by atoms with Gasteiger partial charge in [0.2, 0.25) is 5.91 Å². The molecule has 1 aromatic rings. The van der Waals surface area contributed by atoms with Crippen molar-refractivity contribution in [3.8, 4) is 0 Å². The molecule has 1 aliphatic carbocycles. The van der Waals surface area contributed by atoms with E-state index in [-0.39, 0.29) is 36.3 Å². The van der Waals surface area contributed by atoms with Crippen LogP contribution in [-0.2, 0) is 4.79 Å². The number of hydrogen-bond donors (Lipinski definition) is 3. The van der Waals surface area contributed by atoms with Crippen LogP contribution in [0.4, 0.5) is 0 Å². The van der Waals surface area contributed by atoms with E-state index in [0.29, 0.717) is 12.5 Å². The van der Waals surface area contributed by atoms with Crippen molar-refractivity contribution in [2.75, 3.05) is 20.1 Å². The zero-order chi connectivity index (χ0) is 15.8. The fourth-order valence-corrected chi connectivity index (χ4v) is 3.30. The van der Waals surface area contributed by atoms with Gasteiger partial charge >= 0.3 is 0 Å². The summed E-state index contributed by atoms with van der Waals surface area (Å²) >= 11 is 0. The molecule has 24 heavy (non-hydrogen) atoms. The van der Waals surface area contributed by atoms with Crippen LogP contribution in [0.1, 0.15) is 50.6 Å². The van der Waals surface area contributed by atoms with Crippen LogP contribution in [-0.4, -0.2) is 31.6 Å². The van der Waals surface area contributed by atoms with Gasteiger partial charge in [-0.15, -0.1) is 24.8 Å². The average molecular weight is 376 g/mol. The van der Waals surface area contributed by atoms with Crippen molar-refractivity contribution in [2.24, 2.45) is 0 Å². The van der Waals surface area contributed by atoms with Gasteiger partial charge in [-0.05, 0) is 32.4 Å². The van der Waals surface area contributed by atoms with Crippen LogP contribution in [0.2, 0.25) is 0 Å². The Hall–Kier alpha value is -0.810. The van der Waals surface area contributed by atoms with E-state index in [1.54, 1.807) is 0 Å². The van der Waals surface area contributed by atoms with Gasteiger partial charge in [0, 0.05) is 31.1 Å². The third-order valence-electron chi connectivity index (χ3n) is 4.61. The molecule has 138 valence electrons. The number of nitrogens with one attached hydrogen (secondary N) is 3. The molecule has 1 amide bonds. The SMILES string of the molecule is CNCCC(=O)NCC1(NC(C)c2ccccc2)CCCC1.Cl.Cl. The molecule has 0 aromatic heterocycles. The lowest BCUT2D eigenvalue weighted by atomic mass is 9.94. The first-order valence-corrected chi connectivity index (χ1v) is 8.39. The minimum absolute atomic E-state index is 0. The van der Waals surface area contributed by atoms with Crippen LogP contribution in [0.3, 0.4) is 0 Å². The molecule has 0 bridgehead atoms. The standard InChI is InChI=1S/C18H29N3O.2ClH/c1-15(16-8-4-3-5-9-16)21-18(11-6-7-12-18)14-20-17(22)10-13-19-2;;/h3-5,8-9,15,19,21H,6-7,10-14H2,1-2H3,(H,20,22);2*1H. The first-order valence-electron chi connectivity index (χ1n) is 8.39. The lowest BCUT2D eigenvalue weighted by molar-refractivity contribution is -0.121. The number of carbonyl (C=O) groups excluding carboxylic acids is 1. The summed E-state index contributed by atoms with van der Waals surface area (Å²) in [5, 5.41) is 9.92. The molecular formula is C18H31Cl2N3O. The van der Waals surface area contributed by atoms with E-state index in [2.05, 4.69) is 47.1 Å². The van der Waals surface area contributed by atoms with E-state index in [4.69, 9.17) is 0 Å². The van der Waals surface area contributed by atoms with Crippen molar-refractivity contribution >= 4 is 30.7 Å². The predicted molar refractivity (Wildman–Crippen MR) is 105 cm³/mol. The highest BCUT2D eigenvalue weighted by Gasteiger charge is 2.35. The molecule has 1 saturated carbocycles. The topological polar surface area (TPSA) is 53.2 Å². The second-order valence-corrected chi connectivity index (χ2v) is 6.39. The van der Waals surface area contributed by atoms with Gasteiger partial charge in [-0.3, -0.25) is 4.79 Å². The first-order chi connectivity index (χ1) is 10.7. The smallest absolute Gasteiger partial charge is 0.221 e. The van der Waals surface area contributed by atoms with Gasteiger partial charge in [0.25, 0.3) is 0 Å². The zero-order valence-corrected chi connectivity index (χ0v) is 16.3. The Labute approximate surface area is 158 Å². The quantitative estimate of drug-likeness (QED) is 0.653. The number of halogens is 2. The van der Waals surface area contributed by atoms with E-state index in [1.807, 2.05) is 13.1 Å². The highest BCUT2D eigenvalue weighted by molar-refractivity contribution is 5.85. The second-order valence-electron chi connectivity index (χ2n) is 6.39. The zero-order valence-electron chi connectivity index (χ0n) is 14.6. The molecule has 3 N–H and O–H groups in total. The van der Waals surface area contributed by atoms with Gasteiger partial charge in [0.1, 0.15) is 0 Å². The summed E-state index contributed by atoms with van der Waals surface area (Å²) in [4.78, 5) is 11.9. The Kier molecular flexibility index (Phi) is 11.3. The van der Waals surface area contributed by atoms with Gasteiger partial charge in [0.05, 0.1) is 0 Å². The summed E-state index contributed by atoms with van der Waals surface area (Å²) < 4.78 is 0. The second kappa shape index (κ2) is 11.7. The molecule has 0 saturated heterocycles. The maximum atomic E-state index is 11.9. The molecule has 1 fully saturated rings. The molecule has 0 spiro atoms. The van der Waals surface area contributed by atoms with E-state index >= 15 is 0 Å². The number of hydrogen-bond acceptors (Lipinski definition) is 3. The fourth-order valence-electron chi connectivity index (χ4n) is 3.30. The van der Waals surface area contributed by atoms with E-state index in [0.717, 1.165) is 25.9 Å². The highest BCUT2D eigenvalue weighted by Crippen LogP contribution is 2.31. The van der Waals surface area contributed by atoms with Crippen LogP contribution in [0.25, 0.3) is 0 Å². The minimum atomic E-state index is 0. The van der Waals surface area contributed by atoms with Crippen LogP contribution in [0.15, 0.2) is 30.3 Å². The van der Waals surface area contributed by atoms with E-state index < -0.39 is 0 Å². The maximum absolute atomic E-state index is 11.9. The van der Waals surface area contributed by atoms with Gasteiger partial charge in [-0.1, -0.05) is 43.2 Å². The first kappa shape index (κ1) is 23.2. The maximum Gasteiger partial charge on any atom is 0.221 e. The third-order valence-corrected chi connectivity index (χ3v) is 4.61. The van der Waals surface area contributed by atoms with Crippen molar-refractivity contribution in [1.82, 2.24) is 16.0 Å². The molecule has 2 rings (SSSR count). The number of carbonyl (C=O) groups is 1. The van der Waals surface area contributed by atoms with Crippen molar-refractivity contribution < 1.29 is 4.79 Å². The van der Waals surface area contributed by atoms with Gasteiger partial charge in [-0.2, -0.15) is 0 Å². The Balaban J connectivity index is 0.00000264. The largest absolute Gasteiger partial charge is 0.354 e. The molecule has 6 heteroatoms. The normalized spacial score (nSPS) is 16.6. The lowest BCUT2D eigenvalue weighted by Gasteiger charge is -2.34. The molecule has 0 aliphatic heterocycles. The molecule has 4 nitrogen and oxygen atoms in total. The molecular weight excluding hydrogens is 345 g/mol. The van der Waals surface area contributed by atoms with E-state index in [1.165, 1.54) is 18.4 Å². The fraction of sp³-hybridized carbons (Fsp3) is 0.611. The summed E-state index contributed by atoms with van der Waals surface area (Å²) in [5.74, 6) is 0.134. The van der Waals surface area contributed by atoms with Crippen LogP contribution in [0, 0.1) is 0 Å². The molecule has 0 radical (unpaired) electrons. The van der Waals surface area contributed by atoms with Crippen molar-refractivity contribution in [3.63, 3.8) is 0 Å². The van der Waals surface area contributed by atoms with Crippen LogP contribution >= 0.6 is 24.8 Å². The average Bonchev–Trinajstić information content (AvgIpc) is 3.00. The minimum Gasteiger partial charge on any atom is -0.354 e. The molecule has 1 aliphatic rings. The number of benzene rings is 1. The summed E-state index contributed by atoms with van der Waals surface area (Å²) in [6.07, 6.45) is 5.29. The Bertz CT molecular complexity index is 465. The predicted octanol–water partition coefficient (Wildman–Crippen LogP) is 3.22. The number of amides is 1. The molecule has 1 atom stereocenters. The monoisotopic (exact) mass is 375 g/mol. The third kappa shape index (κ3) is 6.98. The van der Waals surface area contributed by atoms with Crippen molar-refractivity contribution in [3.05, 3.63) is 35.9 Å². The number of rotatable bonds is 8. The van der Waals surface area contributed by atoms with Crippen molar-refractivity contribution in [1.29, 1.82) is 0 Å². The van der Waals surface area contributed by atoms with Crippen molar-refractivity contribution in [2.45, 2.75) is 50.6 Å². The summed E-state index contributed by atoms with van der Waals surface area (Å²) in [7, 11) is 1.87. The Morgan fingerprint density at radius 2 is 1.79 bits per heavy atom. The molecule has 1 unspecified atom stereocenters. The summed E-state index contributed by atoms with van der Waals surface area (Å²) in [5.41, 5.74) is 1.35. The Morgan fingerprint density at radius 1 is 1.17 bits per heavy atom. The van der Waals surface area contributed by atoms with Crippen LogP contribution < -0.4 is 16.0 Å².